The van der Waals surface area contributed by atoms with Crippen molar-refractivity contribution in [1.82, 2.24) is 15.1 Å². The van der Waals surface area contributed by atoms with Gasteiger partial charge in [0.25, 0.3) is 0 Å². The van der Waals surface area contributed by atoms with E-state index in [-0.39, 0.29) is 16.1 Å². The van der Waals surface area contributed by atoms with Crippen LogP contribution < -0.4 is 5.32 Å². The average Bonchev–Trinajstić information content (AvgIpc) is 2.50. The van der Waals surface area contributed by atoms with Crippen molar-refractivity contribution in [1.29, 1.82) is 0 Å². The van der Waals surface area contributed by atoms with Gasteiger partial charge in [0.2, 0.25) is 0 Å². The third-order valence-electron chi connectivity index (χ3n) is 2.77. The predicted molar refractivity (Wildman–Crippen MR) is 75.3 cm³/mol. The van der Waals surface area contributed by atoms with Crippen molar-refractivity contribution in [3.05, 3.63) is 33.7 Å². The molecule has 0 saturated heterocycles. The van der Waals surface area contributed by atoms with Gasteiger partial charge in [-0.2, -0.15) is 5.10 Å². The van der Waals surface area contributed by atoms with Crippen LogP contribution in [-0.2, 0) is 6.54 Å². The number of nitro groups is 1. The molecule has 0 aliphatic heterocycles. The Labute approximate surface area is 113 Å². The van der Waals surface area contributed by atoms with Gasteiger partial charge in [-0.25, -0.2) is 0 Å². The molecule has 0 fully saturated rings. The van der Waals surface area contributed by atoms with E-state index >= 15 is 0 Å². The molecule has 1 aromatic heterocycles. The Morgan fingerprint density at radius 3 is 2.47 bits per heavy atom. The molecule has 0 unspecified atom stereocenters. The Balaban J connectivity index is 2.76. The maximum atomic E-state index is 10.9. The van der Waals surface area contributed by atoms with Crippen LogP contribution in [-0.4, -0.2) is 26.8 Å². The van der Waals surface area contributed by atoms with E-state index in [1.54, 1.807) is 18.5 Å². The van der Waals surface area contributed by atoms with Gasteiger partial charge in [-0.3, -0.25) is 14.8 Å². The molecule has 0 spiro atoms. The van der Waals surface area contributed by atoms with Crippen molar-refractivity contribution in [2.75, 3.05) is 6.54 Å². The second-order valence-corrected chi connectivity index (χ2v) is 5.79. The van der Waals surface area contributed by atoms with Crippen LogP contribution in [0, 0.1) is 24.0 Å². The summed E-state index contributed by atoms with van der Waals surface area (Å²) in [6.45, 7) is 14.7. The molecule has 0 saturated carbocycles. The summed E-state index contributed by atoms with van der Waals surface area (Å²) < 4.78 is 1.64. The third kappa shape index (κ3) is 4.17. The lowest BCUT2D eigenvalue weighted by atomic mass is 10.1. The molecular weight excluding hydrogens is 244 g/mol. The molecule has 0 aliphatic rings. The number of hydrogen-bond acceptors (Lipinski definition) is 4. The molecule has 106 valence electrons. The van der Waals surface area contributed by atoms with Crippen LogP contribution in [0.3, 0.4) is 0 Å². The van der Waals surface area contributed by atoms with Gasteiger partial charge in [-0.15, -0.1) is 0 Å². The van der Waals surface area contributed by atoms with E-state index in [1.807, 2.05) is 0 Å². The van der Waals surface area contributed by atoms with Crippen molar-refractivity contribution in [3.63, 3.8) is 0 Å². The number of nitrogens with one attached hydrogen (secondary N) is 1. The van der Waals surface area contributed by atoms with E-state index < -0.39 is 0 Å². The number of aromatic nitrogens is 2. The van der Waals surface area contributed by atoms with Crippen molar-refractivity contribution < 1.29 is 4.92 Å². The van der Waals surface area contributed by atoms with E-state index in [1.165, 1.54) is 0 Å². The lowest BCUT2D eigenvalue weighted by Crippen LogP contribution is -2.37. The molecule has 1 heterocycles. The second-order valence-electron chi connectivity index (χ2n) is 5.79. The first-order valence-electron chi connectivity index (χ1n) is 6.22. The molecule has 0 amide bonds. The van der Waals surface area contributed by atoms with Crippen LogP contribution in [0.15, 0.2) is 12.2 Å². The molecule has 0 radical (unpaired) electrons. The molecule has 1 aromatic rings. The molecule has 1 N–H and O–H groups in total. The SMILES string of the molecule is C=C(CNC(C)(C)C)Cn1nc(C)c([N+](=O)[O-])c1C. The molecular formula is C13H22N4O2. The molecule has 0 aromatic carbocycles. The summed E-state index contributed by atoms with van der Waals surface area (Å²) in [5.74, 6) is 0. The van der Waals surface area contributed by atoms with Crippen molar-refractivity contribution >= 4 is 5.69 Å². The summed E-state index contributed by atoms with van der Waals surface area (Å²) in [5, 5.41) is 18.4. The highest BCUT2D eigenvalue weighted by Gasteiger charge is 2.21. The summed E-state index contributed by atoms with van der Waals surface area (Å²) in [7, 11) is 0. The maximum Gasteiger partial charge on any atom is 0.312 e. The number of nitrogens with zero attached hydrogens (tertiary/aromatic N) is 3. The molecule has 1 rings (SSSR count). The molecule has 19 heavy (non-hydrogen) atoms. The Morgan fingerprint density at radius 1 is 1.47 bits per heavy atom. The lowest BCUT2D eigenvalue weighted by molar-refractivity contribution is -0.386. The quantitative estimate of drug-likeness (QED) is 0.504. The highest BCUT2D eigenvalue weighted by molar-refractivity contribution is 5.39. The summed E-state index contributed by atoms with van der Waals surface area (Å²) in [6.07, 6.45) is 0. The van der Waals surface area contributed by atoms with Crippen LogP contribution >= 0.6 is 0 Å². The van der Waals surface area contributed by atoms with E-state index in [2.05, 4.69) is 37.8 Å². The second kappa shape index (κ2) is 5.52. The largest absolute Gasteiger partial charge is 0.312 e. The van der Waals surface area contributed by atoms with Crippen molar-refractivity contribution in [3.8, 4) is 0 Å². The van der Waals surface area contributed by atoms with Gasteiger partial charge >= 0.3 is 5.69 Å². The standard InChI is InChI=1S/C13H22N4O2/c1-9(7-14-13(4,5)6)8-16-11(3)12(17(18)19)10(2)15-16/h14H,1,7-8H2,2-6H3. The minimum atomic E-state index is -0.385. The maximum absolute atomic E-state index is 10.9. The van der Waals surface area contributed by atoms with Crippen LogP contribution in [0.5, 0.6) is 0 Å². The van der Waals surface area contributed by atoms with Crippen LogP contribution in [0.2, 0.25) is 0 Å². The van der Waals surface area contributed by atoms with Crippen LogP contribution in [0.1, 0.15) is 32.2 Å². The fourth-order valence-corrected chi connectivity index (χ4v) is 1.76. The van der Waals surface area contributed by atoms with Gasteiger partial charge in [-0.1, -0.05) is 6.58 Å². The normalized spacial score (nSPS) is 11.6. The zero-order chi connectivity index (χ0) is 14.8. The van der Waals surface area contributed by atoms with Crippen LogP contribution in [0.4, 0.5) is 5.69 Å². The molecule has 0 atom stereocenters. The van der Waals surface area contributed by atoms with Gasteiger partial charge in [-0.05, 0) is 40.2 Å². The first-order valence-corrected chi connectivity index (χ1v) is 6.22. The predicted octanol–water partition coefficient (Wildman–Crippen LogP) is 2.35. The van der Waals surface area contributed by atoms with E-state index in [0.29, 0.717) is 24.5 Å². The first kappa shape index (κ1) is 15.4. The zero-order valence-electron chi connectivity index (χ0n) is 12.3. The monoisotopic (exact) mass is 266 g/mol. The molecule has 0 bridgehead atoms. The van der Waals surface area contributed by atoms with Gasteiger partial charge < -0.3 is 5.32 Å². The highest BCUT2D eigenvalue weighted by Crippen LogP contribution is 2.22. The molecule has 0 aliphatic carbocycles. The smallest absolute Gasteiger partial charge is 0.308 e. The molecule has 6 nitrogen and oxygen atoms in total. The molecule has 6 heteroatoms. The Morgan fingerprint density at radius 2 is 2.05 bits per heavy atom. The van der Waals surface area contributed by atoms with E-state index in [4.69, 9.17) is 0 Å². The van der Waals surface area contributed by atoms with Gasteiger partial charge in [0, 0.05) is 12.1 Å². The van der Waals surface area contributed by atoms with Crippen molar-refractivity contribution in [2.24, 2.45) is 0 Å². The Hall–Kier alpha value is -1.69. The minimum absolute atomic E-state index is 0.0179. The van der Waals surface area contributed by atoms with Gasteiger partial charge in [0.05, 0.1) is 11.5 Å². The fourth-order valence-electron chi connectivity index (χ4n) is 1.76. The average molecular weight is 266 g/mol. The van der Waals surface area contributed by atoms with Gasteiger partial charge in [0.15, 0.2) is 0 Å². The highest BCUT2D eigenvalue weighted by atomic mass is 16.6. The zero-order valence-corrected chi connectivity index (χ0v) is 12.3. The number of hydrogen-bond donors (Lipinski definition) is 1. The first-order chi connectivity index (χ1) is 8.61. The summed E-state index contributed by atoms with van der Waals surface area (Å²) in [5.41, 5.74) is 2.06. The summed E-state index contributed by atoms with van der Waals surface area (Å²) >= 11 is 0. The van der Waals surface area contributed by atoms with E-state index in [9.17, 15) is 10.1 Å². The Kier molecular flexibility index (Phi) is 4.47. The number of aryl methyl sites for hydroxylation is 1. The van der Waals surface area contributed by atoms with Crippen LogP contribution in [0.25, 0.3) is 0 Å². The third-order valence-corrected chi connectivity index (χ3v) is 2.77. The summed E-state index contributed by atoms with van der Waals surface area (Å²) in [4.78, 5) is 10.5. The lowest BCUT2D eigenvalue weighted by Gasteiger charge is -2.21. The van der Waals surface area contributed by atoms with Crippen molar-refractivity contribution in [2.45, 2.75) is 46.7 Å². The van der Waals surface area contributed by atoms with E-state index in [0.717, 1.165) is 5.57 Å². The van der Waals surface area contributed by atoms with Gasteiger partial charge in [0.1, 0.15) is 11.4 Å². The topological polar surface area (TPSA) is 73.0 Å². The Bertz CT molecular complexity index is 497. The summed E-state index contributed by atoms with van der Waals surface area (Å²) in [6, 6.07) is 0. The fraction of sp³-hybridized carbons (Fsp3) is 0.615. The minimum Gasteiger partial charge on any atom is -0.308 e. The number of rotatable bonds is 5.